The van der Waals surface area contributed by atoms with Crippen LogP contribution in [0.4, 0.5) is 13.2 Å². The number of aliphatic hydroxyl groups is 1. The number of benzene rings is 1. The number of carbonyl (C=O) groups is 1. The van der Waals surface area contributed by atoms with Crippen LogP contribution in [0.1, 0.15) is 24.2 Å². The topological polar surface area (TPSA) is 46.5 Å². The average molecular weight is 262 g/mol. The summed E-state index contributed by atoms with van der Waals surface area (Å²) >= 11 is 0. The van der Waals surface area contributed by atoms with Crippen molar-refractivity contribution in [2.45, 2.75) is 26.3 Å². The molecule has 0 heterocycles. The fourth-order valence-corrected chi connectivity index (χ4v) is 1.35. The minimum absolute atomic E-state index is 0.281. The van der Waals surface area contributed by atoms with Gasteiger partial charge in [0, 0.05) is 0 Å². The Balaban J connectivity index is 3.06. The molecule has 0 bridgehead atoms. The maximum Gasteiger partial charge on any atom is 0.573 e. The smallest absolute Gasteiger partial charge is 0.405 e. The molecular formula is C12H13F3O3. The summed E-state index contributed by atoms with van der Waals surface area (Å²) in [6, 6.07) is 4.95. The van der Waals surface area contributed by atoms with Gasteiger partial charge in [-0.15, -0.1) is 13.2 Å². The lowest BCUT2D eigenvalue weighted by atomic mass is 9.97. The van der Waals surface area contributed by atoms with E-state index in [2.05, 4.69) is 4.74 Å². The highest BCUT2D eigenvalue weighted by Gasteiger charge is 2.33. The number of para-hydroxylation sites is 1. The van der Waals surface area contributed by atoms with Crippen molar-refractivity contribution in [3.05, 3.63) is 29.8 Å². The van der Waals surface area contributed by atoms with E-state index < -0.39 is 29.9 Å². The molecule has 1 rings (SSSR count). The Hall–Kier alpha value is -1.56. The van der Waals surface area contributed by atoms with Gasteiger partial charge in [-0.05, 0) is 18.1 Å². The van der Waals surface area contributed by atoms with Crippen LogP contribution in [0, 0.1) is 5.92 Å². The molecule has 0 aliphatic heterocycles. The Morgan fingerprint density at radius 2 is 1.83 bits per heavy atom. The zero-order valence-corrected chi connectivity index (χ0v) is 9.86. The molecule has 0 aliphatic rings. The van der Waals surface area contributed by atoms with Crippen LogP contribution < -0.4 is 4.74 Å². The second kappa shape index (κ2) is 5.39. The maximum atomic E-state index is 12.1. The zero-order chi connectivity index (χ0) is 13.9. The van der Waals surface area contributed by atoms with Crippen LogP contribution in [-0.4, -0.2) is 23.4 Å². The molecule has 0 amide bonds. The quantitative estimate of drug-likeness (QED) is 0.849. The van der Waals surface area contributed by atoms with E-state index in [9.17, 15) is 23.1 Å². The first-order chi connectivity index (χ1) is 8.22. The van der Waals surface area contributed by atoms with Crippen LogP contribution >= 0.6 is 0 Å². The van der Waals surface area contributed by atoms with Crippen molar-refractivity contribution in [2.24, 2.45) is 5.92 Å². The van der Waals surface area contributed by atoms with E-state index in [0.29, 0.717) is 0 Å². The molecule has 3 nitrogen and oxygen atoms in total. The van der Waals surface area contributed by atoms with Gasteiger partial charge < -0.3 is 9.84 Å². The van der Waals surface area contributed by atoms with Gasteiger partial charge in [0.25, 0.3) is 0 Å². The predicted octanol–water partition coefficient (Wildman–Crippen LogP) is 2.78. The first-order valence-electron chi connectivity index (χ1n) is 5.29. The minimum atomic E-state index is -4.88. The summed E-state index contributed by atoms with van der Waals surface area (Å²) < 4.78 is 40.2. The number of hydrogen-bond donors (Lipinski definition) is 1. The minimum Gasteiger partial charge on any atom is -0.405 e. The second-order valence-electron chi connectivity index (χ2n) is 4.10. The Morgan fingerprint density at radius 1 is 1.28 bits per heavy atom. The van der Waals surface area contributed by atoms with Crippen LogP contribution in [0.15, 0.2) is 24.3 Å². The molecular weight excluding hydrogens is 249 g/mol. The van der Waals surface area contributed by atoms with Crippen molar-refractivity contribution in [1.82, 2.24) is 0 Å². The van der Waals surface area contributed by atoms with Crippen LogP contribution in [0.2, 0.25) is 0 Å². The lowest BCUT2D eigenvalue weighted by Crippen LogP contribution is -2.27. The van der Waals surface area contributed by atoms with E-state index in [-0.39, 0.29) is 5.56 Å². The van der Waals surface area contributed by atoms with Crippen molar-refractivity contribution >= 4 is 5.78 Å². The SMILES string of the molecule is CC(C)C(O)C(=O)c1ccccc1OC(F)(F)F. The summed E-state index contributed by atoms with van der Waals surface area (Å²) in [4.78, 5) is 11.8. The molecule has 1 aromatic rings. The molecule has 1 aromatic carbocycles. The molecule has 1 atom stereocenters. The van der Waals surface area contributed by atoms with Crippen LogP contribution in [-0.2, 0) is 0 Å². The standard InChI is InChI=1S/C12H13F3O3/c1-7(2)10(16)11(17)8-5-3-4-6-9(8)18-12(13,14)15/h3-7,10,16H,1-2H3. The number of Topliss-reactive ketones (excluding diaryl/α,β-unsaturated/α-hetero) is 1. The van der Waals surface area contributed by atoms with Gasteiger partial charge in [-0.1, -0.05) is 26.0 Å². The highest BCUT2D eigenvalue weighted by atomic mass is 19.4. The van der Waals surface area contributed by atoms with Crippen molar-refractivity contribution in [1.29, 1.82) is 0 Å². The summed E-state index contributed by atoms with van der Waals surface area (Å²) in [5.41, 5.74) is -0.281. The molecule has 0 aliphatic carbocycles. The van der Waals surface area contributed by atoms with Gasteiger partial charge in [0.1, 0.15) is 11.9 Å². The molecule has 100 valence electrons. The average Bonchev–Trinajstić information content (AvgIpc) is 2.25. The number of carbonyl (C=O) groups excluding carboxylic acids is 1. The molecule has 6 heteroatoms. The molecule has 0 spiro atoms. The van der Waals surface area contributed by atoms with E-state index >= 15 is 0 Å². The summed E-state index contributed by atoms with van der Waals surface area (Å²) in [6.45, 7) is 3.19. The summed E-state index contributed by atoms with van der Waals surface area (Å²) in [5.74, 6) is -1.78. The fraction of sp³-hybridized carbons (Fsp3) is 0.417. The molecule has 0 radical (unpaired) electrons. The molecule has 18 heavy (non-hydrogen) atoms. The fourth-order valence-electron chi connectivity index (χ4n) is 1.35. The predicted molar refractivity (Wildman–Crippen MR) is 58.3 cm³/mol. The molecule has 0 saturated heterocycles. The van der Waals surface area contributed by atoms with E-state index in [1.54, 1.807) is 13.8 Å². The molecule has 1 N–H and O–H groups in total. The third kappa shape index (κ3) is 3.73. The van der Waals surface area contributed by atoms with Crippen molar-refractivity contribution in [2.75, 3.05) is 0 Å². The maximum absolute atomic E-state index is 12.1. The molecule has 1 unspecified atom stereocenters. The van der Waals surface area contributed by atoms with Crippen LogP contribution in [0.3, 0.4) is 0 Å². The number of alkyl halides is 3. The first kappa shape index (κ1) is 14.5. The highest BCUT2D eigenvalue weighted by Crippen LogP contribution is 2.27. The Labute approximate surface area is 102 Å². The summed E-state index contributed by atoms with van der Waals surface area (Å²) in [7, 11) is 0. The number of ether oxygens (including phenoxy) is 1. The van der Waals surface area contributed by atoms with Crippen LogP contribution in [0.5, 0.6) is 5.75 Å². The Kier molecular flexibility index (Phi) is 4.34. The monoisotopic (exact) mass is 262 g/mol. The summed E-state index contributed by atoms with van der Waals surface area (Å²) in [5, 5.41) is 9.58. The normalized spacial score (nSPS) is 13.5. The van der Waals surface area contributed by atoms with Gasteiger partial charge in [-0.25, -0.2) is 0 Å². The number of rotatable bonds is 4. The Morgan fingerprint density at radius 3 is 2.33 bits per heavy atom. The lowest BCUT2D eigenvalue weighted by molar-refractivity contribution is -0.274. The third-order valence-electron chi connectivity index (χ3n) is 2.28. The third-order valence-corrected chi connectivity index (χ3v) is 2.28. The zero-order valence-electron chi connectivity index (χ0n) is 9.86. The van der Waals surface area contributed by atoms with Crippen LogP contribution in [0.25, 0.3) is 0 Å². The molecule has 0 aromatic heterocycles. The first-order valence-corrected chi connectivity index (χ1v) is 5.29. The van der Waals surface area contributed by atoms with Crippen molar-refractivity contribution in [3.63, 3.8) is 0 Å². The molecule has 0 fully saturated rings. The van der Waals surface area contributed by atoms with Gasteiger partial charge in [0.15, 0.2) is 5.78 Å². The number of hydrogen-bond acceptors (Lipinski definition) is 3. The Bertz CT molecular complexity index is 427. The highest BCUT2D eigenvalue weighted by molar-refractivity contribution is 6.01. The lowest BCUT2D eigenvalue weighted by Gasteiger charge is -2.16. The van der Waals surface area contributed by atoms with Gasteiger partial charge in [0.2, 0.25) is 0 Å². The van der Waals surface area contributed by atoms with Gasteiger partial charge >= 0.3 is 6.36 Å². The van der Waals surface area contributed by atoms with Crippen molar-refractivity contribution in [3.8, 4) is 5.75 Å². The van der Waals surface area contributed by atoms with E-state index in [1.165, 1.54) is 18.2 Å². The number of halogens is 3. The van der Waals surface area contributed by atoms with Gasteiger partial charge in [-0.3, -0.25) is 4.79 Å². The van der Waals surface area contributed by atoms with Crippen molar-refractivity contribution < 1.29 is 27.8 Å². The summed E-state index contributed by atoms with van der Waals surface area (Å²) in [6.07, 6.45) is -6.23. The van der Waals surface area contributed by atoms with E-state index in [4.69, 9.17) is 0 Å². The second-order valence-corrected chi connectivity index (χ2v) is 4.10. The number of aliphatic hydroxyl groups excluding tert-OH is 1. The van der Waals surface area contributed by atoms with E-state index in [0.717, 1.165) is 6.07 Å². The van der Waals surface area contributed by atoms with Gasteiger partial charge in [0.05, 0.1) is 5.56 Å². The number of ketones is 1. The molecule has 0 saturated carbocycles. The van der Waals surface area contributed by atoms with Gasteiger partial charge in [-0.2, -0.15) is 0 Å². The largest absolute Gasteiger partial charge is 0.573 e. The van der Waals surface area contributed by atoms with E-state index in [1.807, 2.05) is 0 Å².